The lowest BCUT2D eigenvalue weighted by Crippen LogP contribution is -2.31. The van der Waals surface area contributed by atoms with E-state index in [1.54, 1.807) is 14.2 Å². The molecule has 0 saturated heterocycles. The maximum Gasteiger partial charge on any atom is 0.122 e. The summed E-state index contributed by atoms with van der Waals surface area (Å²) in [4.78, 5) is 0. The second-order valence-electron chi connectivity index (χ2n) is 6.52. The Morgan fingerprint density at radius 3 is 2.29 bits per heavy atom. The first-order chi connectivity index (χ1) is 10.2. The van der Waals surface area contributed by atoms with E-state index in [2.05, 4.69) is 24.4 Å². The molecule has 0 heterocycles. The van der Waals surface area contributed by atoms with Crippen molar-refractivity contribution in [2.24, 2.45) is 17.8 Å². The van der Waals surface area contributed by atoms with E-state index in [9.17, 15) is 0 Å². The Balaban J connectivity index is 1.89. The molecule has 0 spiro atoms. The lowest BCUT2D eigenvalue weighted by Gasteiger charge is -2.32. The lowest BCUT2D eigenvalue weighted by atomic mass is 9.80. The van der Waals surface area contributed by atoms with Gasteiger partial charge < -0.3 is 14.8 Å². The SMILES string of the molecule is CCNC(c1cc(OC)cc(OC)c1)C1CC2CCC1C2. The van der Waals surface area contributed by atoms with Gasteiger partial charge in [0, 0.05) is 12.1 Å². The second-order valence-corrected chi connectivity index (χ2v) is 6.52. The van der Waals surface area contributed by atoms with Gasteiger partial charge in [-0.3, -0.25) is 0 Å². The fourth-order valence-corrected chi connectivity index (χ4v) is 4.45. The van der Waals surface area contributed by atoms with Gasteiger partial charge in [0.25, 0.3) is 0 Å². The lowest BCUT2D eigenvalue weighted by molar-refractivity contribution is 0.252. The third-order valence-electron chi connectivity index (χ3n) is 5.38. The standard InChI is InChI=1S/C18H27NO2/c1-4-19-18(17-8-12-5-6-13(17)7-12)14-9-15(20-2)11-16(10-14)21-3/h9-13,17-19H,4-8H2,1-3H3. The van der Waals surface area contributed by atoms with Crippen molar-refractivity contribution in [3.63, 3.8) is 0 Å². The number of fused-ring (bicyclic) bond motifs is 2. The van der Waals surface area contributed by atoms with E-state index < -0.39 is 0 Å². The molecule has 2 aliphatic rings. The molecule has 21 heavy (non-hydrogen) atoms. The van der Waals surface area contributed by atoms with Gasteiger partial charge in [-0.1, -0.05) is 13.3 Å². The van der Waals surface area contributed by atoms with E-state index in [4.69, 9.17) is 9.47 Å². The van der Waals surface area contributed by atoms with Crippen molar-refractivity contribution >= 4 is 0 Å². The maximum absolute atomic E-state index is 5.44. The van der Waals surface area contributed by atoms with Crippen molar-refractivity contribution in [2.75, 3.05) is 20.8 Å². The molecular weight excluding hydrogens is 262 g/mol. The number of rotatable bonds is 6. The molecule has 4 atom stereocenters. The van der Waals surface area contributed by atoms with Crippen LogP contribution in [0.25, 0.3) is 0 Å². The summed E-state index contributed by atoms with van der Waals surface area (Å²) in [5, 5.41) is 3.72. The monoisotopic (exact) mass is 289 g/mol. The molecule has 4 unspecified atom stereocenters. The van der Waals surface area contributed by atoms with Crippen LogP contribution in [0.2, 0.25) is 0 Å². The second kappa shape index (κ2) is 6.27. The fraction of sp³-hybridized carbons (Fsp3) is 0.667. The normalized spacial score (nSPS) is 28.6. The molecule has 2 saturated carbocycles. The number of benzene rings is 1. The molecule has 0 aromatic heterocycles. The first kappa shape index (κ1) is 14.7. The number of nitrogens with one attached hydrogen (secondary N) is 1. The van der Waals surface area contributed by atoms with Gasteiger partial charge in [0.05, 0.1) is 14.2 Å². The molecule has 3 nitrogen and oxygen atoms in total. The maximum atomic E-state index is 5.44. The van der Waals surface area contributed by atoms with Gasteiger partial charge in [-0.25, -0.2) is 0 Å². The molecular formula is C18H27NO2. The number of hydrogen-bond acceptors (Lipinski definition) is 3. The molecule has 2 fully saturated rings. The Morgan fingerprint density at radius 1 is 1.10 bits per heavy atom. The molecule has 2 aliphatic carbocycles. The van der Waals surface area contributed by atoms with Crippen LogP contribution in [0.15, 0.2) is 18.2 Å². The van der Waals surface area contributed by atoms with Crippen LogP contribution < -0.4 is 14.8 Å². The minimum absolute atomic E-state index is 0.425. The van der Waals surface area contributed by atoms with E-state index in [0.717, 1.165) is 35.8 Å². The van der Waals surface area contributed by atoms with Crippen LogP contribution in [0, 0.1) is 17.8 Å². The van der Waals surface area contributed by atoms with Crippen molar-refractivity contribution in [3.05, 3.63) is 23.8 Å². The predicted molar refractivity (Wildman–Crippen MR) is 84.9 cm³/mol. The topological polar surface area (TPSA) is 30.5 Å². The summed E-state index contributed by atoms with van der Waals surface area (Å²) in [6.07, 6.45) is 5.68. The first-order valence-corrected chi connectivity index (χ1v) is 8.21. The largest absolute Gasteiger partial charge is 0.497 e. The zero-order valence-electron chi connectivity index (χ0n) is 13.4. The average Bonchev–Trinajstić information content (AvgIpc) is 3.14. The molecule has 2 bridgehead atoms. The Labute approximate surface area is 128 Å². The van der Waals surface area contributed by atoms with Crippen LogP contribution in [-0.2, 0) is 0 Å². The first-order valence-electron chi connectivity index (χ1n) is 8.21. The van der Waals surface area contributed by atoms with Gasteiger partial charge in [0.15, 0.2) is 0 Å². The molecule has 1 aromatic rings. The van der Waals surface area contributed by atoms with Crippen LogP contribution in [0.4, 0.5) is 0 Å². The highest BCUT2D eigenvalue weighted by atomic mass is 16.5. The molecule has 3 rings (SSSR count). The number of methoxy groups -OCH3 is 2. The smallest absolute Gasteiger partial charge is 0.122 e. The van der Waals surface area contributed by atoms with Crippen LogP contribution in [0.3, 0.4) is 0 Å². The van der Waals surface area contributed by atoms with E-state index in [1.807, 2.05) is 6.07 Å². The number of ether oxygens (including phenoxy) is 2. The third kappa shape index (κ3) is 2.89. The van der Waals surface area contributed by atoms with Gasteiger partial charge in [-0.05, 0) is 61.3 Å². The Hall–Kier alpha value is -1.22. The van der Waals surface area contributed by atoms with Crippen LogP contribution in [0.5, 0.6) is 11.5 Å². The molecule has 0 radical (unpaired) electrons. The highest BCUT2D eigenvalue weighted by molar-refractivity contribution is 5.40. The highest BCUT2D eigenvalue weighted by Gasteiger charge is 2.43. The van der Waals surface area contributed by atoms with Crippen LogP contribution in [-0.4, -0.2) is 20.8 Å². The molecule has 0 aliphatic heterocycles. The van der Waals surface area contributed by atoms with Crippen LogP contribution >= 0.6 is 0 Å². The van der Waals surface area contributed by atoms with Crippen LogP contribution in [0.1, 0.15) is 44.2 Å². The van der Waals surface area contributed by atoms with Gasteiger partial charge in [0.2, 0.25) is 0 Å². The Morgan fingerprint density at radius 2 is 1.81 bits per heavy atom. The van der Waals surface area contributed by atoms with Gasteiger partial charge in [-0.15, -0.1) is 0 Å². The van der Waals surface area contributed by atoms with Gasteiger partial charge >= 0.3 is 0 Å². The predicted octanol–water partition coefficient (Wildman–Crippen LogP) is 3.79. The van der Waals surface area contributed by atoms with Crippen molar-refractivity contribution in [1.82, 2.24) is 5.32 Å². The number of hydrogen-bond donors (Lipinski definition) is 1. The Bertz CT molecular complexity index is 466. The summed E-state index contributed by atoms with van der Waals surface area (Å²) in [5.41, 5.74) is 1.31. The molecule has 116 valence electrons. The summed E-state index contributed by atoms with van der Waals surface area (Å²) in [7, 11) is 3.44. The fourth-order valence-electron chi connectivity index (χ4n) is 4.45. The summed E-state index contributed by atoms with van der Waals surface area (Å²) in [5.74, 6) is 4.40. The van der Waals surface area contributed by atoms with Crippen molar-refractivity contribution in [1.29, 1.82) is 0 Å². The van der Waals surface area contributed by atoms with Gasteiger partial charge in [-0.2, -0.15) is 0 Å². The average molecular weight is 289 g/mol. The minimum atomic E-state index is 0.425. The quantitative estimate of drug-likeness (QED) is 0.864. The van der Waals surface area contributed by atoms with Gasteiger partial charge in [0.1, 0.15) is 11.5 Å². The minimum Gasteiger partial charge on any atom is -0.497 e. The summed E-state index contributed by atoms with van der Waals surface area (Å²) in [6.45, 7) is 3.19. The molecule has 1 N–H and O–H groups in total. The van der Waals surface area contributed by atoms with E-state index >= 15 is 0 Å². The van der Waals surface area contributed by atoms with Crippen molar-refractivity contribution in [3.8, 4) is 11.5 Å². The van der Waals surface area contributed by atoms with E-state index in [-0.39, 0.29) is 0 Å². The summed E-state index contributed by atoms with van der Waals surface area (Å²) < 4.78 is 10.9. The highest BCUT2D eigenvalue weighted by Crippen LogP contribution is 2.52. The molecule has 1 aromatic carbocycles. The van der Waals surface area contributed by atoms with E-state index in [1.165, 1.54) is 31.2 Å². The van der Waals surface area contributed by atoms with E-state index in [0.29, 0.717) is 6.04 Å². The molecule has 0 amide bonds. The zero-order chi connectivity index (χ0) is 14.8. The molecule has 3 heteroatoms. The zero-order valence-corrected chi connectivity index (χ0v) is 13.4. The van der Waals surface area contributed by atoms with Crippen molar-refractivity contribution < 1.29 is 9.47 Å². The summed E-state index contributed by atoms with van der Waals surface area (Å²) >= 11 is 0. The Kier molecular flexibility index (Phi) is 4.39. The van der Waals surface area contributed by atoms with Crippen molar-refractivity contribution in [2.45, 2.75) is 38.6 Å². The summed E-state index contributed by atoms with van der Waals surface area (Å²) in [6, 6.07) is 6.71. The third-order valence-corrected chi connectivity index (χ3v) is 5.38.